The summed E-state index contributed by atoms with van der Waals surface area (Å²) in [4.78, 5) is 22.7. The van der Waals surface area contributed by atoms with Crippen LogP contribution in [0.1, 0.15) is 19.3 Å². The van der Waals surface area contributed by atoms with Crippen LogP contribution in [0.15, 0.2) is 53.4 Å². The van der Waals surface area contributed by atoms with Crippen LogP contribution < -0.4 is 4.90 Å². The van der Waals surface area contributed by atoms with Crippen LogP contribution in [0.2, 0.25) is 0 Å². The van der Waals surface area contributed by atoms with E-state index in [-0.39, 0.29) is 11.7 Å². The standard InChI is InChI=1S/C22H26FN3OS2/c1-25(2)13-7-14-26(22-24-19-12-11-17(23)16-20(19)29-22)21(27)10-6-15-28-18-8-4-3-5-9-18/h3-5,8-9,11-12,16H,6-7,10,13-15H2,1-2H3. The molecule has 0 unspecified atom stereocenters. The highest BCUT2D eigenvalue weighted by atomic mass is 32.2. The quantitative estimate of drug-likeness (QED) is 0.323. The summed E-state index contributed by atoms with van der Waals surface area (Å²) in [6.07, 6.45) is 2.15. The van der Waals surface area contributed by atoms with E-state index >= 15 is 0 Å². The second-order valence-electron chi connectivity index (χ2n) is 7.08. The summed E-state index contributed by atoms with van der Waals surface area (Å²) in [6.45, 7) is 1.51. The molecule has 0 saturated heterocycles. The Labute approximate surface area is 179 Å². The summed E-state index contributed by atoms with van der Waals surface area (Å²) in [6, 6.07) is 14.8. The normalized spacial score (nSPS) is 11.3. The van der Waals surface area contributed by atoms with Gasteiger partial charge in [0.1, 0.15) is 5.82 Å². The maximum absolute atomic E-state index is 13.5. The lowest BCUT2D eigenvalue weighted by atomic mass is 10.3. The van der Waals surface area contributed by atoms with E-state index in [0.717, 1.165) is 35.4 Å². The van der Waals surface area contributed by atoms with Crippen molar-refractivity contribution in [2.45, 2.75) is 24.2 Å². The molecule has 2 aromatic carbocycles. The topological polar surface area (TPSA) is 36.4 Å². The molecule has 1 aromatic heterocycles. The third kappa shape index (κ3) is 6.52. The van der Waals surface area contributed by atoms with Gasteiger partial charge in [0.2, 0.25) is 5.91 Å². The first kappa shape index (κ1) is 21.7. The Bertz CT molecular complexity index is 930. The number of anilines is 1. The predicted octanol–water partition coefficient (Wildman–Crippen LogP) is 5.29. The summed E-state index contributed by atoms with van der Waals surface area (Å²) in [5.41, 5.74) is 0.733. The average molecular weight is 432 g/mol. The summed E-state index contributed by atoms with van der Waals surface area (Å²) >= 11 is 3.14. The number of thiazole rings is 1. The van der Waals surface area contributed by atoms with Crippen molar-refractivity contribution in [2.24, 2.45) is 0 Å². The van der Waals surface area contributed by atoms with Crippen molar-refractivity contribution in [3.63, 3.8) is 0 Å². The van der Waals surface area contributed by atoms with Gasteiger partial charge in [0.15, 0.2) is 5.13 Å². The summed E-state index contributed by atoms with van der Waals surface area (Å²) in [7, 11) is 4.04. The number of hydrogen-bond donors (Lipinski definition) is 0. The van der Waals surface area contributed by atoms with E-state index in [2.05, 4.69) is 22.0 Å². The number of halogens is 1. The van der Waals surface area contributed by atoms with Gasteiger partial charge in [0.05, 0.1) is 10.2 Å². The van der Waals surface area contributed by atoms with Crippen molar-refractivity contribution in [1.29, 1.82) is 0 Å². The van der Waals surface area contributed by atoms with E-state index in [1.807, 2.05) is 32.3 Å². The first-order chi connectivity index (χ1) is 14.0. The highest BCUT2D eigenvalue weighted by Gasteiger charge is 2.19. The van der Waals surface area contributed by atoms with E-state index in [9.17, 15) is 9.18 Å². The third-order valence-electron chi connectivity index (χ3n) is 4.41. The van der Waals surface area contributed by atoms with E-state index < -0.39 is 0 Å². The van der Waals surface area contributed by atoms with Crippen LogP contribution in [0, 0.1) is 5.82 Å². The fraction of sp³-hybridized carbons (Fsp3) is 0.364. The first-order valence-corrected chi connectivity index (χ1v) is 11.5. The minimum atomic E-state index is -0.281. The van der Waals surface area contributed by atoms with E-state index in [4.69, 9.17) is 0 Å². The molecule has 1 amide bonds. The molecule has 3 aromatic rings. The third-order valence-corrected chi connectivity index (χ3v) is 6.54. The van der Waals surface area contributed by atoms with Crippen molar-refractivity contribution < 1.29 is 9.18 Å². The zero-order valence-electron chi connectivity index (χ0n) is 16.8. The van der Waals surface area contributed by atoms with Crippen LogP contribution in [-0.4, -0.2) is 48.7 Å². The Hall–Kier alpha value is -1.96. The second kappa shape index (κ2) is 10.7. The smallest absolute Gasteiger partial charge is 0.228 e. The fourth-order valence-electron chi connectivity index (χ4n) is 2.94. The second-order valence-corrected chi connectivity index (χ2v) is 9.25. The van der Waals surface area contributed by atoms with Gasteiger partial charge in [0, 0.05) is 17.9 Å². The highest BCUT2D eigenvalue weighted by Crippen LogP contribution is 2.30. The minimum absolute atomic E-state index is 0.0805. The zero-order valence-corrected chi connectivity index (χ0v) is 18.4. The van der Waals surface area contributed by atoms with Gasteiger partial charge in [-0.1, -0.05) is 29.5 Å². The molecule has 0 aliphatic rings. The molecule has 0 atom stereocenters. The number of aromatic nitrogens is 1. The van der Waals surface area contributed by atoms with Gasteiger partial charge in [-0.05, 0) is 69.6 Å². The van der Waals surface area contributed by atoms with Crippen molar-refractivity contribution in [1.82, 2.24) is 9.88 Å². The van der Waals surface area contributed by atoms with E-state index in [0.29, 0.717) is 18.1 Å². The Morgan fingerprint density at radius 2 is 1.90 bits per heavy atom. The van der Waals surface area contributed by atoms with Crippen molar-refractivity contribution >= 4 is 44.4 Å². The number of benzene rings is 2. The van der Waals surface area contributed by atoms with Gasteiger partial charge in [0.25, 0.3) is 0 Å². The molecule has 29 heavy (non-hydrogen) atoms. The van der Waals surface area contributed by atoms with Gasteiger partial charge >= 0.3 is 0 Å². The van der Waals surface area contributed by atoms with Crippen LogP contribution in [0.3, 0.4) is 0 Å². The highest BCUT2D eigenvalue weighted by molar-refractivity contribution is 7.99. The average Bonchev–Trinajstić information content (AvgIpc) is 3.11. The molecular weight excluding hydrogens is 405 g/mol. The monoisotopic (exact) mass is 431 g/mol. The Balaban J connectivity index is 1.64. The fourth-order valence-corrected chi connectivity index (χ4v) is 4.85. The zero-order chi connectivity index (χ0) is 20.6. The molecule has 0 radical (unpaired) electrons. The lowest BCUT2D eigenvalue weighted by molar-refractivity contribution is -0.118. The lowest BCUT2D eigenvalue weighted by Gasteiger charge is -2.21. The van der Waals surface area contributed by atoms with Crippen LogP contribution >= 0.6 is 23.1 Å². The maximum Gasteiger partial charge on any atom is 0.228 e. The largest absolute Gasteiger partial charge is 0.309 e. The molecule has 3 rings (SSSR count). The summed E-state index contributed by atoms with van der Waals surface area (Å²) < 4.78 is 14.3. The molecule has 154 valence electrons. The maximum atomic E-state index is 13.5. The molecule has 0 saturated carbocycles. The Morgan fingerprint density at radius 1 is 1.10 bits per heavy atom. The van der Waals surface area contributed by atoms with Crippen LogP contribution in [0.5, 0.6) is 0 Å². The lowest BCUT2D eigenvalue weighted by Crippen LogP contribution is -2.33. The number of nitrogens with zero attached hydrogens (tertiary/aromatic N) is 3. The van der Waals surface area contributed by atoms with Crippen molar-refractivity contribution in [3.05, 3.63) is 54.3 Å². The number of hydrogen-bond acceptors (Lipinski definition) is 5. The van der Waals surface area contributed by atoms with Crippen molar-refractivity contribution in [3.8, 4) is 0 Å². The van der Waals surface area contributed by atoms with Crippen LogP contribution in [0.25, 0.3) is 10.2 Å². The molecule has 0 spiro atoms. The first-order valence-electron chi connectivity index (χ1n) is 9.72. The molecular formula is C22H26FN3OS2. The van der Waals surface area contributed by atoms with Gasteiger partial charge in [-0.25, -0.2) is 9.37 Å². The number of fused-ring (bicyclic) bond motifs is 1. The number of amides is 1. The molecule has 0 bridgehead atoms. The van der Waals surface area contributed by atoms with Gasteiger partial charge < -0.3 is 4.90 Å². The molecule has 4 nitrogen and oxygen atoms in total. The SMILES string of the molecule is CN(C)CCCN(C(=O)CCCSc1ccccc1)c1nc2ccc(F)cc2s1. The molecule has 7 heteroatoms. The molecule has 0 aliphatic heterocycles. The summed E-state index contributed by atoms with van der Waals surface area (Å²) in [5.74, 6) is 0.694. The molecule has 0 N–H and O–H groups in total. The number of thioether (sulfide) groups is 1. The van der Waals surface area contributed by atoms with Crippen LogP contribution in [-0.2, 0) is 4.79 Å². The van der Waals surface area contributed by atoms with Crippen LogP contribution in [0.4, 0.5) is 9.52 Å². The van der Waals surface area contributed by atoms with Gasteiger partial charge in [-0.3, -0.25) is 9.69 Å². The van der Waals surface area contributed by atoms with Gasteiger partial charge in [-0.15, -0.1) is 11.8 Å². The Kier molecular flexibility index (Phi) is 8.03. The van der Waals surface area contributed by atoms with E-state index in [1.54, 1.807) is 22.7 Å². The predicted molar refractivity (Wildman–Crippen MR) is 122 cm³/mol. The summed E-state index contributed by atoms with van der Waals surface area (Å²) in [5, 5.41) is 0.657. The number of carbonyl (C=O) groups excluding carboxylic acids is 1. The van der Waals surface area contributed by atoms with Crippen molar-refractivity contribution in [2.75, 3.05) is 37.8 Å². The Morgan fingerprint density at radius 3 is 2.66 bits per heavy atom. The van der Waals surface area contributed by atoms with Gasteiger partial charge in [-0.2, -0.15) is 0 Å². The molecule has 1 heterocycles. The minimum Gasteiger partial charge on any atom is -0.309 e. The van der Waals surface area contributed by atoms with E-state index in [1.165, 1.54) is 28.4 Å². The molecule has 0 aliphatic carbocycles. The number of carbonyl (C=O) groups is 1. The molecule has 0 fully saturated rings. The number of rotatable bonds is 10.